The summed E-state index contributed by atoms with van der Waals surface area (Å²) in [4.78, 5) is 12.3. The highest BCUT2D eigenvalue weighted by atomic mass is 32.2. The number of rotatable bonds is 12. The van der Waals surface area contributed by atoms with Crippen molar-refractivity contribution in [1.29, 1.82) is 0 Å². The summed E-state index contributed by atoms with van der Waals surface area (Å²) < 4.78 is 120. The molecule has 1 fully saturated rings. The number of carbonyl (C=O) groups is 1. The number of hydrogen-bond donors (Lipinski definition) is 2. The van der Waals surface area contributed by atoms with Gasteiger partial charge in [-0.3, -0.25) is 0 Å². The van der Waals surface area contributed by atoms with Crippen molar-refractivity contribution < 1.29 is 48.3 Å². The first-order chi connectivity index (χ1) is 22.0. The molecule has 0 bridgehead atoms. The molecule has 0 radical (unpaired) electrons. The largest absolute Gasteiger partial charge is 0.478 e. The van der Waals surface area contributed by atoms with Gasteiger partial charge in [0, 0.05) is 19.1 Å². The zero-order chi connectivity index (χ0) is 34.5. The van der Waals surface area contributed by atoms with E-state index in [4.69, 9.17) is 5.11 Å². The number of hydrogen-bond acceptors (Lipinski definition) is 8. The molecular formula is C31H31F3N2O8S3. The topological polar surface area (TPSA) is 155 Å². The number of sulfone groups is 2. The van der Waals surface area contributed by atoms with E-state index in [1.165, 1.54) is 54.6 Å². The first kappa shape index (κ1) is 35.9. The van der Waals surface area contributed by atoms with Gasteiger partial charge in [0.25, 0.3) is 0 Å². The van der Waals surface area contributed by atoms with Gasteiger partial charge in [-0.15, -0.1) is 0 Å². The standard InChI is InChI=1S/C31H31F3N2O8S3/c32-31(33,34)29-14-13-28(47(43,44)27-7-2-1-3-8-27)22-24(29)6-4-21-46(41,42)35-25-15-18-36(19-16-25)17-5-20-45(39,40)26-11-9-23(10-12-26)30(37)38/h1-14,17,22,25,35H,15-16,18-21H2,(H,37,38). The Morgan fingerprint density at radius 1 is 0.830 bits per heavy atom. The van der Waals surface area contributed by atoms with Crippen LogP contribution in [0.15, 0.2) is 106 Å². The van der Waals surface area contributed by atoms with Gasteiger partial charge in [0.05, 0.1) is 37.3 Å². The maximum atomic E-state index is 13.7. The molecule has 1 saturated heterocycles. The normalized spacial score (nSPS) is 15.4. The monoisotopic (exact) mass is 712 g/mol. The number of nitrogens with one attached hydrogen (secondary N) is 1. The minimum atomic E-state index is -4.81. The van der Waals surface area contributed by atoms with E-state index in [1.807, 2.05) is 4.90 Å². The lowest BCUT2D eigenvalue weighted by molar-refractivity contribution is -0.137. The predicted molar refractivity (Wildman–Crippen MR) is 168 cm³/mol. The van der Waals surface area contributed by atoms with Crippen molar-refractivity contribution in [1.82, 2.24) is 9.62 Å². The van der Waals surface area contributed by atoms with Crippen LogP contribution in [0.3, 0.4) is 0 Å². The van der Waals surface area contributed by atoms with Gasteiger partial charge < -0.3 is 10.0 Å². The molecule has 10 nitrogen and oxygen atoms in total. The van der Waals surface area contributed by atoms with Crippen LogP contribution in [0.2, 0.25) is 0 Å². The van der Waals surface area contributed by atoms with Gasteiger partial charge >= 0.3 is 12.1 Å². The van der Waals surface area contributed by atoms with Crippen molar-refractivity contribution in [2.24, 2.45) is 0 Å². The van der Waals surface area contributed by atoms with Crippen LogP contribution in [-0.2, 0) is 35.9 Å². The van der Waals surface area contributed by atoms with Crippen LogP contribution >= 0.6 is 0 Å². The van der Waals surface area contributed by atoms with Crippen LogP contribution in [0, 0.1) is 0 Å². The van der Waals surface area contributed by atoms with Crippen molar-refractivity contribution in [2.75, 3.05) is 24.6 Å². The zero-order valence-electron chi connectivity index (χ0n) is 24.7. The SMILES string of the molecule is O=C(O)c1ccc(S(=O)(=O)CC=CN2CCC(NS(=O)(=O)CC=Cc3cc(S(=O)(=O)c4ccccc4)ccc3C(F)(F)F)CC2)cc1. The fraction of sp³-hybridized carbons (Fsp3) is 0.258. The van der Waals surface area contributed by atoms with Crippen LogP contribution in [0.4, 0.5) is 13.2 Å². The summed E-state index contributed by atoms with van der Waals surface area (Å²) in [5.41, 5.74) is -1.65. The summed E-state index contributed by atoms with van der Waals surface area (Å²) in [6.07, 6.45) is 0.966. The van der Waals surface area contributed by atoms with Crippen molar-refractivity contribution in [3.8, 4) is 0 Å². The third-order valence-electron chi connectivity index (χ3n) is 7.27. The Morgan fingerprint density at radius 2 is 1.45 bits per heavy atom. The summed E-state index contributed by atoms with van der Waals surface area (Å²) in [5.74, 6) is -2.14. The van der Waals surface area contributed by atoms with Crippen molar-refractivity contribution in [3.05, 3.63) is 108 Å². The molecule has 3 aromatic rings. The number of benzene rings is 3. The maximum Gasteiger partial charge on any atom is 0.416 e. The Bertz CT molecular complexity index is 1970. The smallest absolute Gasteiger partial charge is 0.416 e. The van der Waals surface area contributed by atoms with Crippen molar-refractivity contribution in [2.45, 2.75) is 39.7 Å². The van der Waals surface area contributed by atoms with E-state index in [1.54, 1.807) is 12.3 Å². The number of sulfonamides is 1. The molecule has 4 rings (SSSR count). The molecule has 16 heteroatoms. The van der Waals surface area contributed by atoms with Gasteiger partial charge in [0.1, 0.15) is 0 Å². The summed E-state index contributed by atoms with van der Waals surface area (Å²) in [7, 11) is -11.8. The molecule has 1 aliphatic rings. The van der Waals surface area contributed by atoms with Crippen LogP contribution in [0.5, 0.6) is 0 Å². The van der Waals surface area contributed by atoms with E-state index in [0.29, 0.717) is 32.0 Å². The second-order valence-corrected chi connectivity index (χ2v) is 16.5. The molecule has 1 aliphatic heterocycles. The lowest BCUT2D eigenvalue weighted by Gasteiger charge is -2.31. The number of nitrogens with zero attached hydrogens (tertiary/aromatic N) is 1. The molecule has 2 N–H and O–H groups in total. The first-order valence-corrected chi connectivity index (χ1v) is 18.9. The molecule has 0 unspecified atom stereocenters. The van der Waals surface area contributed by atoms with Crippen LogP contribution < -0.4 is 4.72 Å². The molecular weight excluding hydrogens is 682 g/mol. The first-order valence-electron chi connectivity index (χ1n) is 14.1. The van der Waals surface area contributed by atoms with Gasteiger partial charge in [-0.2, -0.15) is 13.2 Å². The molecule has 47 heavy (non-hydrogen) atoms. The summed E-state index contributed by atoms with van der Waals surface area (Å²) in [5, 5.41) is 8.96. The van der Waals surface area contributed by atoms with E-state index < -0.39 is 64.8 Å². The third kappa shape index (κ3) is 9.53. The fourth-order valence-corrected chi connectivity index (χ4v) is 8.42. The van der Waals surface area contributed by atoms with Gasteiger partial charge in [-0.25, -0.2) is 34.8 Å². The molecule has 0 atom stereocenters. The highest BCUT2D eigenvalue weighted by Crippen LogP contribution is 2.35. The van der Waals surface area contributed by atoms with E-state index in [2.05, 4.69) is 4.72 Å². The summed E-state index contributed by atoms with van der Waals surface area (Å²) in [6, 6.07) is 14.0. The van der Waals surface area contributed by atoms with E-state index >= 15 is 0 Å². The predicted octanol–water partition coefficient (Wildman–Crippen LogP) is 4.62. The Hall–Kier alpha value is -3.99. The van der Waals surface area contributed by atoms with Crippen molar-refractivity contribution >= 4 is 41.7 Å². The quantitative estimate of drug-likeness (QED) is 0.274. The van der Waals surface area contributed by atoms with E-state index in [-0.39, 0.29) is 26.0 Å². The second kappa shape index (κ2) is 14.4. The summed E-state index contributed by atoms with van der Waals surface area (Å²) >= 11 is 0. The Balaban J connectivity index is 1.34. The molecule has 0 amide bonds. The average molecular weight is 713 g/mol. The Labute approximate surface area is 271 Å². The molecule has 0 aromatic heterocycles. The second-order valence-electron chi connectivity index (χ2n) is 10.7. The minimum Gasteiger partial charge on any atom is -0.478 e. The van der Waals surface area contributed by atoms with Gasteiger partial charge in [0.2, 0.25) is 19.9 Å². The molecule has 252 valence electrons. The van der Waals surface area contributed by atoms with E-state index in [0.717, 1.165) is 24.3 Å². The number of halogens is 3. The highest BCUT2D eigenvalue weighted by Gasteiger charge is 2.34. The number of carboxylic acid groups (broad SMARTS) is 1. The number of piperidine rings is 1. The minimum absolute atomic E-state index is 0.0196. The number of likely N-dealkylation sites (tertiary alicyclic amines) is 1. The molecule has 0 aliphatic carbocycles. The highest BCUT2D eigenvalue weighted by molar-refractivity contribution is 7.91. The Morgan fingerprint density at radius 3 is 2.04 bits per heavy atom. The maximum absolute atomic E-state index is 13.7. The lowest BCUT2D eigenvalue weighted by Crippen LogP contribution is -2.43. The van der Waals surface area contributed by atoms with Gasteiger partial charge in [-0.05, 0) is 79.2 Å². The van der Waals surface area contributed by atoms with Crippen LogP contribution in [0.1, 0.15) is 34.3 Å². The van der Waals surface area contributed by atoms with Crippen LogP contribution in [0.25, 0.3) is 6.08 Å². The average Bonchev–Trinajstić information content (AvgIpc) is 3.01. The number of aromatic carboxylic acids is 1. The van der Waals surface area contributed by atoms with Gasteiger partial charge in [-0.1, -0.05) is 36.4 Å². The van der Waals surface area contributed by atoms with Crippen molar-refractivity contribution in [3.63, 3.8) is 0 Å². The Kier molecular flexibility index (Phi) is 11.0. The fourth-order valence-electron chi connectivity index (χ4n) is 4.83. The molecule has 0 spiro atoms. The zero-order valence-corrected chi connectivity index (χ0v) is 27.1. The lowest BCUT2D eigenvalue weighted by atomic mass is 10.1. The molecule has 0 saturated carbocycles. The third-order valence-corrected chi connectivity index (χ3v) is 12.0. The number of alkyl halides is 3. The number of carboxylic acids is 1. The summed E-state index contributed by atoms with van der Waals surface area (Å²) in [6.45, 7) is 0.814. The van der Waals surface area contributed by atoms with Crippen LogP contribution in [-0.4, -0.2) is 71.9 Å². The molecule has 3 aromatic carbocycles. The van der Waals surface area contributed by atoms with Gasteiger partial charge in [0.15, 0.2) is 9.84 Å². The van der Waals surface area contributed by atoms with E-state index in [9.17, 15) is 43.2 Å². The molecule has 1 heterocycles.